The molecule has 2 fully saturated rings. The Labute approximate surface area is 140 Å². The second kappa shape index (κ2) is 5.75. The monoisotopic (exact) mass is 346 g/mol. The molecule has 2 saturated heterocycles. The van der Waals surface area contributed by atoms with Crippen LogP contribution in [0.5, 0.6) is 0 Å². The Morgan fingerprint density at radius 2 is 1.79 bits per heavy atom. The molecule has 0 radical (unpaired) electrons. The van der Waals surface area contributed by atoms with Crippen LogP contribution in [-0.2, 0) is 21.2 Å². The molecule has 0 aliphatic carbocycles. The average molecular weight is 346 g/mol. The van der Waals surface area contributed by atoms with E-state index in [9.17, 15) is 13.2 Å². The third kappa shape index (κ3) is 2.74. The molecule has 1 aromatic carbocycles. The molecule has 1 amide bonds. The van der Waals surface area contributed by atoms with Crippen molar-refractivity contribution in [3.8, 4) is 0 Å². The number of carbonyl (C=O) groups excluding carboxylic acids is 1. The van der Waals surface area contributed by atoms with Gasteiger partial charge < -0.3 is 9.32 Å². The van der Waals surface area contributed by atoms with E-state index in [0.717, 1.165) is 11.4 Å². The predicted octanol–water partition coefficient (Wildman–Crippen LogP) is 1.29. The van der Waals surface area contributed by atoms with Gasteiger partial charge in [0.05, 0.1) is 36.9 Å². The molecule has 4 rings (SSSR count). The van der Waals surface area contributed by atoms with E-state index in [1.54, 1.807) is 17.2 Å². The number of piperazine rings is 1. The number of sulfone groups is 1. The standard InChI is InChI=1S/C17H18N2O4S/c20-17-10-18(9-14-7-4-8-23-14)15-11-24(21,22)12-16(15)19(17)13-5-2-1-3-6-13/h1-8,15-16H,9-12H2/t15-,16-/m1/s1. The Balaban J connectivity index is 1.68. The largest absolute Gasteiger partial charge is 0.468 e. The molecular weight excluding hydrogens is 328 g/mol. The van der Waals surface area contributed by atoms with Crippen LogP contribution in [0.15, 0.2) is 53.1 Å². The lowest BCUT2D eigenvalue weighted by Gasteiger charge is -2.43. The van der Waals surface area contributed by atoms with E-state index >= 15 is 0 Å². The van der Waals surface area contributed by atoms with Crippen LogP contribution in [0.1, 0.15) is 5.76 Å². The third-order valence-corrected chi connectivity index (χ3v) is 6.37. The minimum atomic E-state index is -3.17. The topological polar surface area (TPSA) is 70.8 Å². The van der Waals surface area contributed by atoms with Gasteiger partial charge in [-0.2, -0.15) is 0 Å². The highest BCUT2D eigenvalue weighted by molar-refractivity contribution is 7.91. The van der Waals surface area contributed by atoms with Crippen molar-refractivity contribution in [3.05, 3.63) is 54.5 Å². The van der Waals surface area contributed by atoms with Gasteiger partial charge in [0.2, 0.25) is 5.91 Å². The lowest BCUT2D eigenvalue weighted by Crippen LogP contribution is -2.61. The summed E-state index contributed by atoms with van der Waals surface area (Å²) in [6.45, 7) is 0.629. The number of rotatable bonds is 3. The fourth-order valence-electron chi connectivity index (χ4n) is 3.66. The van der Waals surface area contributed by atoms with E-state index in [1.807, 2.05) is 41.3 Å². The van der Waals surface area contributed by atoms with Crippen LogP contribution in [-0.4, -0.2) is 49.4 Å². The maximum atomic E-state index is 12.7. The SMILES string of the molecule is O=C1CN(Cc2ccco2)[C@@H]2CS(=O)(=O)C[C@H]2N1c1ccccc1. The summed E-state index contributed by atoms with van der Waals surface area (Å²) in [7, 11) is -3.17. The Hall–Kier alpha value is -2.12. The maximum Gasteiger partial charge on any atom is 0.241 e. The molecule has 2 aliphatic rings. The van der Waals surface area contributed by atoms with Gasteiger partial charge in [0.15, 0.2) is 9.84 Å². The van der Waals surface area contributed by atoms with Gasteiger partial charge in [0, 0.05) is 11.7 Å². The first-order valence-electron chi connectivity index (χ1n) is 7.87. The van der Waals surface area contributed by atoms with Gasteiger partial charge in [-0.3, -0.25) is 9.69 Å². The first-order chi connectivity index (χ1) is 11.5. The van der Waals surface area contributed by atoms with Crippen LogP contribution in [0.25, 0.3) is 0 Å². The van der Waals surface area contributed by atoms with Crippen LogP contribution in [0.3, 0.4) is 0 Å². The van der Waals surface area contributed by atoms with Crippen LogP contribution in [0.4, 0.5) is 5.69 Å². The van der Waals surface area contributed by atoms with Crippen molar-refractivity contribution in [2.45, 2.75) is 18.6 Å². The molecule has 24 heavy (non-hydrogen) atoms. The smallest absolute Gasteiger partial charge is 0.241 e. The summed E-state index contributed by atoms with van der Waals surface area (Å²) >= 11 is 0. The molecule has 6 nitrogen and oxygen atoms in total. The van der Waals surface area contributed by atoms with E-state index in [0.29, 0.717) is 6.54 Å². The van der Waals surface area contributed by atoms with Crippen LogP contribution in [0.2, 0.25) is 0 Å². The molecule has 1 aromatic heterocycles. The number of nitrogens with zero attached hydrogens (tertiary/aromatic N) is 2. The van der Waals surface area contributed by atoms with Crippen molar-refractivity contribution in [1.29, 1.82) is 0 Å². The fraction of sp³-hybridized carbons (Fsp3) is 0.353. The average Bonchev–Trinajstić information content (AvgIpc) is 3.15. The zero-order valence-corrected chi connectivity index (χ0v) is 13.9. The quantitative estimate of drug-likeness (QED) is 0.838. The van der Waals surface area contributed by atoms with Crippen molar-refractivity contribution in [2.75, 3.05) is 23.0 Å². The van der Waals surface area contributed by atoms with E-state index in [-0.39, 0.29) is 36.0 Å². The first kappa shape index (κ1) is 15.4. The highest BCUT2D eigenvalue weighted by Crippen LogP contribution is 2.32. The van der Waals surface area contributed by atoms with Crippen molar-refractivity contribution in [1.82, 2.24) is 4.90 Å². The third-order valence-electron chi connectivity index (χ3n) is 4.67. The predicted molar refractivity (Wildman–Crippen MR) is 89.3 cm³/mol. The zero-order valence-electron chi connectivity index (χ0n) is 13.0. The molecule has 0 unspecified atom stereocenters. The first-order valence-corrected chi connectivity index (χ1v) is 9.70. The van der Waals surface area contributed by atoms with E-state index in [4.69, 9.17) is 4.42 Å². The summed E-state index contributed by atoms with van der Waals surface area (Å²) in [5.41, 5.74) is 0.757. The van der Waals surface area contributed by atoms with Gasteiger partial charge in [-0.1, -0.05) is 18.2 Å². The van der Waals surface area contributed by atoms with E-state index in [2.05, 4.69) is 0 Å². The number of furan rings is 1. The number of carbonyl (C=O) groups is 1. The summed E-state index contributed by atoms with van der Waals surface area (Å²) in [5, 5.41) is 0. The Morgan fingerprint density at radius 1 is 1.04 bits per heavy atom. The minimum Gasteiger partial charge on any atom is -0.468 e. The number of hydrogen-bond donors (Lipinski definition) is 0. The van der Waals surface area contributed by atoms with Crippen molar-refractivity contribution < 1.29 is 17.6 Å². The maximum absolute atomic E-state index is 12.7. The second-order valence-corrected chi connectivity index (χ2v) is 8.45. The lowest BCUT2D eigenvalue weighted by atomic mass is 10.0. The van der Waals surface area contributed by atoms with Crippen LogP contribution >= 0.6 is 0 Å². The molecule has 0 N–H and O–H groups in total. The highest BCUT2D eigenvalue weighted by Gasteiger charge is 2.49. The van der Waals surface area contributed by atoms with Gasteiger partial charge in [-0.15, -0.1) is 0 Å². The Bertz CT molecular complexity index is 833. The van der Waals surface area contributed by atoms with Crippen molar-refractivity contribution >= 4 is 21.4 Å². The molecule has 7 heteroatoms. The number of hydrogen-bond acceptors (Lipinski definition) is 5. The molecule has 126 valence electrons. The van der Waals surface area contributed by atoms with E-state index < -0.39 is 9.84 Å². The van der Waals surface area contributed by atoms with Gasteiger partial charge in [0.1, 0.15) is 5.76 Å². The van der Waals surface area contributed by atoms with Crippen LogP contribution < -0.4 is 4.90 Å². The summed E-state index contributed by atoms with van der Waals surface area (Å²) in [4.78, 5) is 16.3. The molecular formula is C17H18N2O4S. The number of fused-ring (bicyclic) bond motifs is 1. The zero-order chi connectivity index (χ0) is 16.7. The molecule has 0 bridgehead atoms. The van der Waals surface area contributed by atoms with Gasteiger partial charge >= 0.3 is 0 Å². The summed E-state index contributed by atoms with van der Waals surface area (Å²) < 4.78 is 29.8. The van der Waals surface area contributed by atoms with Crippen molar-refractivity contribution in [2.24, 2.45) is 0 Å². The van der Waals surface area contributed by atoms with Crippen molar-refractivity contribution in [3.63, 3.8) is 0 Å². The normalized spacial score (nSPS) is 26.5. The highest BCUT2D eigenvalue weighted by atomic mass is 32.2. The van der Waals surface area contributed by atoms with Gasteiger partial charge in [-0.25, -0.2) is 8.42 Å². The Morgan fingerprint density at radius 3 is 2.50 bits per heavy atom. The van der Waals surface area contributed by atoms with Gasteiger partial charge in [-0.05, 0) is 24.3 Å². The second-order valence-electron chi connectivity index (χ2n) is 6.30. The molecule has 2 aromatic rings. The summed E-state index contributed by atoms with van der Waals surface area (Å²) in [6.07, 6.45) is 1.58. The Kier molecular flexibility index (Phi) is 3.69. The molecule has 3 heterocycles. The summed E-state index contributed by atoms with van der Waals surface area (Å²) in [5.74, 6) is 0.743. The molecule has 0 saturated carbocycles. The number of amides is 1. The lowest BCUT2D eigenvalue weighted by molar-refractivity contribution is -0.123. The number of para-hydroxylation sites is 1. The van der Waals surface area contributed by atoms with E-state index in [1.165, 1.54) is 0 Å². The summed E-state index contributed by atoms with van der Waals surface area (Å²) in [6, 6.07) is 12.4. The molecule has 2 aliphatic heterocycles. The number of anilines is 1. The van der Waals surface area contributed by atoms with Crippen LogP contribution in [0, 0.1) is 0 Å². The number of benzene rings is 1. The fourth-order valence-corrected chi connectivity index (χ4v) is 5.64. The molecule has 2 atom stereocenters. The molecule has 0 spiro atoms. The van der Waals surface area contributed by atoms with Gasteiger partial charge in [0.25, 0.3) is 0 Å². The minimum absolute atomic E-state index is 0.00690.